The fourth-order valence-corrected chi connectivity index (χ4v) is 1.78. The first-order valence-corrected chi connectivity index (χ1v) is 6.03. The van der Waals surface area contributed by atoms with Gasteiger partial charge >= 0.3 is 0 Å². The molecule has 94 valence electrons. The number of anilines is 1. The Morgan fingerprint density at radius 3 is 2.32 bits per heavy atom. The highest BCUT2D eigenvalue weighted by Crippen LogP contribution is 2.17. The quantitative estimate of drug-likeness (QED) is 0.909. The molecule has 19 heavy (non-hydrogen) atoms. The van der Waals surface area contributed by atoms with Gasteiger partial charge in [0.2, 0.25) is 5.91 Å². The summed E-state index contributed by atoms with van der Waals surface area (Å²) in [6.07, 6.45) is 0. The minimum Gasteiger partial charge on any atom is -0.325 e. The second-order valence-corrected chi connectivity index (χ2v) is 4.33. The molecule has 3 nitrogen and oxygen atoms in total. The van der Waals surface area contributed by atoms with E-state index >= 15 is 0 Å². The summed E-state index contributed by atoms with van der Waals surface area (Å²) in [5, 5.41) is 11.9. The summed E-state index contributed by atoms with van der Waals surface area (Å²) in [4.78, 5) is 12.1. The minimum atomic E-state index is -0.789. The largest absolute Gasteiger partial charge is 0.325 e. The van der Waals surface area contributed by atoms with E-state index in [-0.39, 0.29) is 5.91 Å². The van der Waals surface area contributed by atoms with E-state index in [4.69, 9.17) is 5.26 Å². The molecular formula is C16H14N2O. The number of nitriles is 1. The van der Waals surface area contributed by atoms with Gasteiger partial charge in [0.25, 0.3) is 0 Å². The number of aryl methyl sites for hydroxylation is 1. The summed E-state index contributed by atoms with van der Waals surface area (Å²) >= 11 is 0. The van der Waals surface area contributed by atoms with Crippen LogP contribution < -0.4 is 5.32 Å². The van der Waals surface area contributed by atoms with Crippen LogP contribution in [0.2, 0.25) is 0 Å². The average molecular weight is 250 g/mol. The maximum atomic E-state index is 12.1. The van der Waals surface area contributed by atoms with Crippen LogP contribution in [0.1, 0.15) is 17.0 Å². The van der Waals surface area contributed by atoms with Gasteiger partial charge in [-0.1, -0.05) is 48.0 Å². The van der Waals surface area contributed by atoms with Gasteiger partial charge in [0.05, 0.1) is 6.07 Å². The maximum Gasteiger partial charge on any atom is 0.246 e. The van der Waals surface area contributed by atoms with Crippen LogP contribution in [0.5, 0.6) is 0 Å². The van der Waals surface area contributed by atoms with Crippen molar-refractivity contribution >= 4 is 11.6 Å². The molecule has 2 aromatic rings. The van der Waals surface area contributed by atoms with Gasteiger partial charge in [-0.2, -0.15) is 5.26 Å². The van der Waals surface area contributed by atoms with E-state index in [1.165, 1.54) is 0 Å². The van der Waals surface area contributed by atoms with Crippen molar-refractivity contribution in [1.29, 1.82) is 5.26 Å². The first-order chi connectivity index (χ1) is 9.20. The summed E-state index contributed by atoms with van der Waals surface area (Å²) in [7, 11) is 0. The number of hydrogen-bond donors (Lipinski definition) is 1. The lowest BCUT2D eigenvalue weighted by Gasteiger charge is -2.10. The van der Waals surface area contributed by atoms with Crippen LogP contribution in [0.3, 0.4) is 0 Å². The topological polar surface area (TPSA) is 52.9 Å². The average Bonchev–Trinajstić information content (AvgIpc) is 2.43. The van der Waals surface area contributed by atoms with Gasteiger partial charge < -0.3 is 5.32 Å². The van der Waals surface area contributed by atoms with Crippen LogP contribution >= 0.6 is 0 Å². The van der Waals surface area contributed by atoms with Crippen LogP contribution in [-0.4, -0.2) is 5.91 Å². The minimum absolute atomic E-state index is 0.308. The van der Waals surface area contributed by atoms with Gasteiger partial charge in [-0.3, -0.25) is 4.79 Å². The summed E-state index contributed by atoms with van der Waals surface area (Å²) in [6.45, 7) is 1.98. The Morgan fingerprint density at radius 2 is 1.74 bits per heavy atom. The SMILES string of the molecule is Cc1ccc(NC(=O)C(C#N)c2ccccc2)cc1. The van der Waals surface area contributed by atoms with Gasteiger partial charge in [0, 0.05) is 5.69 Å². The van der Waals surface area contributed by atoms with Gasteiger partial charge in [-0.15, -0.1) is 0 Å². The molecule has 0 aliphatic carbocycles. The Labute approximate surface area is 112 Å². The highest BCUT2D eigenvalue weighted by atomic mass is 16.1. The molecule has 0 saturated carbocycles. The van der Waals surface area contributed by atoms with Gasteiger partial charge in [-0.25, -0.2) is 0 Å². The zero-order valence-corrected chi connectivity index (χ0v) is 10.6. The van der Waals surface area contributed by atoms with Crippen LogP contribution in [0, 0.1) is 18.3 Å². The Morgan fingerprint density at radius 1 is 1.11 bits per heavy atom. The zero-order chi connectivity index (χ0) is 13.7. The summed E-state index contributed by atoms with van der Waals surface area (Å²) in [5.74, 6) is -1.10. The summed E-state index contributed by atoms with van der Waals surface area (Å²) in [6, 6.07) is 18.6. The number of rotatable bonds is 3. The van der Waals surface area contributed by atoms with Crippen LogP contribution in [-0.2, 0) is 4.79 Å². The molecular weight excluding hydrogens is 236 g/mol. The van der Waals surface area contributed by atoms with E-state index in [1.807, 2.05) is 55.5 Å². The molecule has 0 spiro atoms. The summed E-state index contributed by atoms with van der Waals surface area (Å²) in [5.41, 5.74) is 2.53. The van der Waals surface area contributed by atoms with E-state index in [9.17, 15) is 4.79 Å². The number of nitrogens with one attached hydrogen (secondary N) is 1. The van der Waals surface area contributed by atoms with E-state index < -0.39 is 5.92 Å². The molecule has 1 atom stereocenters. The van der Waals surface area contributed by atoms with Crippen LogP contribution in [0.25, 0.3) is 0 Å². The molecule has 0 heterocycles. The zero-order valence-electron chi connectivity index (χ0n) is 10.6. The molecule has 3 heteroatoms. The third kappa shape index (κ3) is 3.20. The molecule has 0 saturated heterocycles. The number of benzene rings is 2. The Kier molecular flexibility index (Phi) is 3.94. The number of carbonyl (C=O) groups is 1. The van der Waals surface area contributed by atoms with Gasteiger partial charge in [0.1, 0.15) is 0 Å². The molecule has 0 aliphatic heterocycles. The summed E-state index contributed by atoms with van der Waals surface area (Å²) < 4.78 is 0. The highest BCUT2D eigenvalue weighted by molar-refractivity contribution is 5.97. The molecule has 0 fully saturated rings. The van der Waals surface area contributed by atoms with E-state index in [1.54, 1.807) is 12.1 Å². The van der Waals surface area contributed by atoms with Crippen molar-refractivity contribution in [3.05, 3.63) is 65.7 Å². The van der Waals surface area contributed by atoms with Crippen LogP contribution in [0.15, 0.2) is 54.6 Å². The maximum absolute atomic E-state index is 12.1. The highest BCUT2D eigenvalue weighted by Gasteiger charge is 2.19. The lowest BCUT2D eigenvalue weighted by molar-refractivity contribution is -0.116. The van der Waals surface area contributed by atoms with Gasteiger partial charge in [-0.05, 0) is 24.6 Å². The van der Waals surface area contributed by atoms with E-state index in [0.29, 0.717) is 11.3 Å². The Balaban J connectivity index is 2.14. The predicted molar refractivity (Wildman–Crippen MR) is 74.6 cm³/mol. The lowest BCUT2D eigenvalue weighted by Crippen LogP contribution is -2.19. The van der Waals surface area contributed by atoms with Crippen molar-refractivity contribution in [1.82, 2.24) is 0 Å². The second-order valence-electron chi connectivity index (χ2n) is 4.33. The molecule has 0 bridgehead atoms. The standard InChI is InChI=1S/C16H14N2O/c1-12-7-9-14(10-8-12)18-16(19)15(11-17)13-5-3-2-4-6-13/h2-10,15H,1H3,(H,18,19). The van der Waals surface area contributed by atoms with Crippen molar-refractivity contribution in [3.63, 3.8) is 0 Å². The fraction of sp³-hybridized carbons (Fsp3) is 0.125. The van der Waals surface area contributed by atoms with Crippen molar-refractivity contribution < 1.29 is 4.79 Å². The first kappa shape index (κ1) is 12.8. The van der Waals surface area contributed by atoms with Crippen molar-refractivity contribution in [3.8, 4) is 6.07 Å². The van der Waals surface area contributed by atoms with Crippen molar-refractivity contribution in [2.24, 2.45) is 0 Å². The molecule has 1 amide bonds. The third-order valence-corrected chi connectivity index (χ3v) is 2.84. The fourth-order valence-electron chi connectivity index (χ4n) is 1.78. The molecule has 2 aromatic carbocycles. The van der Waals surface area contributed by atoms with E-state index in [0.717, 1.165) is 5.56 Å². The van der Waals surface area contributed by atoms with Crippen molar-refractivity contribution in [2.45, 2.75) is 12.8 Å². The Bertz CT molecular complexity index is 597. The van der Waals surface area contributed by atoms with E-state index in [2.05, 4.69) is 5.32 Å². The number of nitrogens with zero attached hydrogens (tertiary/aromatic N) is 1. The first-order valence-electron chi connectivity index (χ1n) is 6.03. The van der Waals surface area contributed by atoms with Crippen molar-refractivity contribution in [2.75, 3.05) is 5.32 Å². The second kappa shape index (κ2) is 5.83. The molecule has 1 N–H and O–H groups in total. The molecule has 0 aromatic heterocycles. The number of amides is 1. The number of hydrogen-bond acceptors (Lipinski definition) is 2. The monoisotopic (exact) mass is 250 g/mol. The van der Waals surface area contributed by atoms with Gasteiger partial charge in [0.15, 0.2) is 5.92 Å². The molecule has 2 rings (SSSR count). The third-order valence-electron chi connectivity index (χ3n) is 2.84. The smallest absolute Gasteiger partial charge is 0.246 e. The normalized spacial score (nSPS) is 11.4. The van der Waals surface area contributed by atoms with Crippen LogP contribution in [0.4, 0.5) is 5.69 Å². The number of carbonyl (C=O) groups excluding carboxylic acids is 1. The lowest BCUT2D eigenvalue weighted by atomic mass is 10.00. The molecule has 0 radical (unpaired) electrons. The Hall–Kier alpha value is -2.60. The predicted octanol–water partition coefficient (Wildman–Crippen LogP) is 3.24. The molecule has 1 unspecified atom stereocenters. The molecule has 0 aliphatic rings.